The Hall–Kier alpha value is -1.86. The monoisotopic (exact) mass is 315 g/mol. The van der Waals surface area contributed by atoms with Crippen LogP contribution in [-0.4, -0.2) is 13.4 Å². The zero-order valence-electron chi connectivity index (χ0n) is 10.4. The third-order valence-electron chi connectivity index (χ3n) is 2.50. The van der Waals surface area contributed by atoms with Gasteiger partial charge in [0.05, 0.1) is 10.7 Å². The van der Waals surface area contributed by atoms with E-state index in [-0.39, 0.29) is 21.4 Å². The minimum Gasteiger partial charge on any atom is -0.396 e. The summed E-state index contributed by atoms with van der Waals surface area (Å²) in [6.45, 7) is 1.79. The van der Waals surface area contributed by atoms with Crippen LogP contribution >= 0.6 is 11.6 Å². The van der Waals surface area contributed by atoms with Crippen molar-refractivity contribution in [2.45, 2.75) is 11.8 Å². The van der Waals surface area contributed by atoms with Gasteiger partial charge in [0.25, 0.3) is 10.0 Å². The van der Waals surface area contributed by atoms with Gasteiger partial charge in [-0.05, 0) is 36.8 Å². The van der Waals surface area contributed by atoms with Gasteiger partial charge in [0.1, 0.15) is 16.5 Å². The first kappa shape index (κ1) is 14.5. The summed E-state index contributed by atoms with van der Waals surface area (Å²) in [6, 6.07) is 5.10. The topological polar surface area (TPSA) is 85.1 Å². The van der Waals surface area contributed by atoms with Crippen molar-refractivity contribution in [3.8, 4) is 0 Å². The molecule has 0 fully saturated rings. The number of nitrogens with two attached hydrogens (primary N) is 1. The van der Waals surface area contributed by atoms with E-state index in [2.05, 4.69) is 9.71 Å². The van der Waals surface area contributed by atoms with Crippen LogP contribution in [0.2, 0.25) is 5.02 Å². The van der Waals surface area contributed by atoms with Gasteiger partial charge in [-0.2, -0.15) is 0 Å². The van der Waals surface area contributed by atoms with E-state index >= 15 is 0 Å². The average Bonchev–Trinajstić information content (AvgIpc) is 2.33. The molecule has 0 unspecified atom stereocenters. The van der Waals surface area contributed by atoms with Crippen molar-refractivity contribution in [3.63, 3.8) is 0 Å². The SMILES string of the molecule is Cc1ccnc(NS(=O)(=O)c2cc(N)c(F)cc2Cl)c1. The van der Waals surface area contributed by atoms with Gasteiger partial charge < -0.3 is 5.73 Å². The highest BCUT2D eigenvalue weighted by atomic mass is 35.5. The van der Waals surface area contributed by atoms with Crippen LogP contribution in [0, 0.1) is 12.7 Å². The molecule has 0 aliphatic heterocycles. The maximum Gasteiger partial charge on any atom is 0.264 e. The molecule has 5 nitrogen and oxygen atoms in total. The molecule has 106 valence electrons. The number of aromatic nitrogens is 1. The van der Waals surface area contributed by atoms with Gasteiger partial charge in [-0.3, -0.25) is 4.72 Å². The van der Waals surface area contributed by atoms with Gasteiger partial charge in [0, 0.05) is 6.20 Å². The highest BCUT2D eigenvalue weighted by molar-refractivity contribution is 7.92. The van der Waals surface area contributed by atoms with E-state index in [0.29, 0.717) is 0 Å². The van der Waals surface area contributed by atoms with Crippen molar-refractivity contribution in [3.05, 3.63) is 46.9 Å². The molecule has 0 amide bonds. The molecule has 0 saturated heterocycles. The normalized spacial score (nSPS) is 11.3. The summed E-state index contributed by atoms with van der Waals surface area (Å²) >= 11 is 5.75. The summed E-state index contributed by atoms with van der Waals surface area (Å²) in [7, 11) is -3.99. The summed E-state index contributed by atoms with van der Waals surface area (Å²) in [5.41, 5.74) is 5.90. The largest absolute Gasteiger partial charge is 0.396 e. The molecule has 20 heavy (non-hydrogen) atoms. The van der Waals surface area contributed by atoms with Crippen LogP contribution in [0.4, 0.5) is 15.9 Å². The predicted molar refractivity (Wildman–Crippen MR) is 75.6 cm³/mol. The Labute approximate surface area is 120 Å². The van der Waals surface area contributed by atoms with E-state index in [1.165, 1.54) is 6.20 Å². The quantitative estimate of drug-likeness (QED) is 0.852. The molecule has 1 heterocycles. The first-order valence-electron chi connectivity index (χ1n) is 5.49. The second-order valence-corrected chi connectivity index (χ2v) is 6.19. The Morgan fingerprint density at radius 2 is 2.05 bits per heavy atom. The lowest BCUT2D eigenvalue weighted by molar-refractivity contribution is 0.600. The van der Waals surface area contributed by atoms with Gasteiger partial charge in [-0.15, -0.1) is 0 Å². The lowest BCUT2D eigenvalue weighted by atomic mass is 10.3. The minimum absolute atomic E-state index is 0.143. The average molecular weight is 316 g/mol. The number of benzene rings is 1. The predicted octanol–water partition coefficient (Wildman–Crippen LogP) is 2.57. The van der Waals surface area contributed by atoms with Crippen LogP contribution in [-0.2, 0) is 10.0 Å². The number of nitrogen functional groups attached to an aromatic ring is 1. The molecule has 3 N–H and O–H groups in total. The zero-order valence-corrected chi connectivity index (χ0v) is 12.0. The number of hydrogen-bond donors (Lipinski definition) is 2. The number of nitrogens with one attached hydrogen (secondary N) is 1. The fourth-order valence-electron chi connectivity index (χ4n) is 1.54. The maximum absolute atomic E-state index is 13.2. The highest BCUT2D eigenvalue weighted by Gasteiger charge is 2.20. The molecule has 0 spiro atoms. The Morgan fingerprint density at radius 3 is 2.70 bits per heavy atom. The van der Waals surface area contributed by atoms with Gasteiger partial charge >= 0.3 is 0 Å². The molecular formula is C12H11ClFN3O2S. The summed E-state index contributed by atoms with van der Waals surface area (Å²) in [6.07, 6.45) is 1.47. The number of nitrogens with zero attached hydrogens (tertiary/aromatic N) is 1. The Morgan fingerprint density at radius 1 is 1.35 bits per heavy atom. The molecule has 1 aromatic carbocycles. The Balaban J connectivity index is 2.43. The maximum atomic E-state index is 13.2. The molecule has 1 aromatic heterocycles. The van der Waals surface area contributed by atoms with Crippen LogP contribution in [0.3, 0.4) is 0 Å². The number of sulfonamides is 1. The fraction of sp³-hybridized carbons (Fsp3) is 0.0833. The van der Waals surface area contributed by atoms with Crippen LogP contribution in [0.25, 0.3) is 0 Å². The van der Waals surface area contributed by atoms with Crippen LogP contribution in [0.5, 0.6) is 0 Å². The number of rotatable bonds is 3. The van der Waals surface area contributed by atoms with Gasteiger partial charge in [-0.1, -0.05) is 11.6 Å². The molecule has 0 aliphatic carbocycles. The van der Waals surface area contributed by atoms with Gasteiger partial charge in [-0.25, -0.2) is 17.8 Å². The van der Waals surface area contributed by atoms with Gasteiger partial charge in [0.15, 0.2) is 0 Å². The van der Waals surface area contributed by atoms with E-state index in [1.807, 2.05) is 0 Å². The molecule has 0 aliphatic rings. The smallest absolute Gasteiger partial charge is 0.264 e. The number of anilines is 2. The number of halogens is 2. The number of hydrogen-bond acceptors (Lipinski definition) is 4. The number of aryl methyl sites for hydroxylation is 1. The third kappa shape index (κ3) is 3.00. The standard InChI is InChI=1S/C12H11ClFN3O2S/c1-7-2-3-16-12(4-7)17-20(18,19)11-6-10(15)9(14)5-8(11)13/h2-6H,15H2,1H3,(H,16,17). The van der Waals surface area contributed by atoms with E-state index in [4.69, 9.17) is 17.3 Å². The summed E-state index contributed by atoms with van der Waals surface area (Å²) in [4.78, 5) is 3.58. The lowest BCUT2D eigenvalue weighted by Crippen LogP contribution is -2.15. The van der Waals surface area contributed by atoms with E-state index in [0.717, 1.165) is 17.7 Å². The summed E-state index contributed by atoms with van der Waals surface area (Å²) < 4.78 is 39.8. The Bertz CT molecular complexity index is 765. The third-order valence-corrected chi connectivity index (χ3v) is 4.31. The zero-order chi connectivity index (χ0) is 14.9. The minimum atomic E-state index is -3.99. The van der Waals surface area contributed by atoms with Crippen molar-refractivity contribution >= 4 is 33.1 Å². The molecule has 0 saturated carbocycles. The molecule has 2 aromatic rings. The van der Waals surface area contributed by atoms with Crippen molar-refractivity contribution < 1.29 is 12.8 Å². The van der Waals surface area contributed by atoms with Crippen LogP contribution in [0.1, 0.15) is 5.56 Å². The van der Waals surface area contributed by atoms with Crippen molar-refractivity contribution in [1.82, 2.24) is 4.98 Å². The summed E-state index contributed by atoms with van der Waals surface area (Å²) in [5, 5.41) is -0.253. The first-order valence-corrected chi connectivity index (χ1v) is 7.36. The van der Waals surface area contributed by atoms with E-state index < -0.39 is 15.8 Å². The molecule has 0 radical (unpaired) electrons. The van der Waals surface area contributed by atoms with Crippen molar-refractivity contribution in [1.29, 1.82) is 0 Å². The van der Waals surface area contributed by atoms with Crippen LogP contribution in [0.15, 0.2) is 35.4 Å². The second-order valence-electron chi connectivity index (χ2n) is 4.13. The molecule has 0 bridgehead atoms. The van der Waals surface area contributed by atoms with Crippen molar-refractivity contribution in [2.24, 2.45) is 0 Å². The second kappa shape index (κ2) is 5.26. The number of pyridine rings is 1. The summed E-state index contributed by atoms with van der Waals surface area (Å²) in [5.74, 6) is -0.633. The molecular weight excluding hydrogens is 305 g/mol. The van der Waals surface area contributed by atoms with E-state index in [9.17, 15) is 12.8 Å². The van der Waals surface area contributed by atoms with E-state index in [1.54, 1.807) is 19.1 Å². The Kier molecular flexibility index (Phi) is 3.82. The molecule has 8 heteroatoms. The molecule has 2 rings (SSSR count). The molecule has 0 atom stereocenters. The fourth-order valence-corrected chi connectivity index (χ4v) is 3.09. The van der Waals surface area contributed by atoms with Crippen LogP contribution < -0.4 is 10.5 Å². The first-order chi connectivity index (χ1) is 9.29. The van der Waals surface area contributed by atoms with Gasteiger partial charge in [0.2, 0.25) is 0 Å². The lowest BCUT2D eigenvalue weighted by Gasteiger charge is -2.10. The van der Waals surface area contributed by atoms with Crippen molar-refractivity contribution in [2.75, 3.05) is 10.5 Å². The highest BCUT2D eigenvalue weighted by Crippen LogP contribution is 2.27.